The molecule has 0 amide bonds. The molecule has 0 unspecified atom stereocenters. The van der Waals surface area contributed by atoms with E-state index in [2.05, 4.69) is 322 Å². The predicted molar refractivity (Wildman–Crippen MR) is 469 cm³/mol. The summed E-state index contributed by atoms with van der Waals surface area (Å²) in [5.41, 5.74) is 26.7. The zero-order valence-electron chi connectivity index (χ0n) is 61.3. The van der Waals surface area contributed by atoms with E-state index in [4.69, 9.17) is 28.8 Å². The Morgan fingerprint density at radius 2 is 0.500 bits per heavy atom. The number of fused-ring (bicyclic) bond motifs is 18. The van der Waals surface area contributed by atoms with Gasteiger partial charge in [0.15, 0.2) is 11.6 Å². The van der Waals surface area contributed by atoms with Gasteiger partial charge in [0, 0.05) is 98.9 Å². The molecule has 0 spiro atoms. The van der Waals surface area contributed by atoms with Gasteiger partial charge in [-0.2, -0.15) is 9.97 Å². The van der Waals surface area contributed by atoms with Crippen molar-refractivity contribution in [2.24, 2.45) is 0 Å². The van der Waals surface area contributed by atoms with Crippen LogP contribution in [0, 0.1) is 0 Å². The number of benzene rings is 16. The van der Waals surface area contributed by atoms with Crippen LogP contribution in [0.5, 0.6) is 0 Å². The lowest BCUT2D eigenvalue weighted by molar-refractivity contribution is 0.653. The van der Waals surface area contributed by atoms with E-state index in [9.17, 15) is 0 Å². The van der Waals surface area contributed by atoms with Gasteiger partial charge in [0.2, 0.25) is 11.4 Å². The largest absolute Gasteiger partial charge is 0.438 e. The fourth-order valence-electron chi connectivity index (χ4n) is 17.8. The summed E-state index contributed by atoms with van der Waals surface area (Å²) in [7, 11) is 0. The quantitative estimate of drug-likeness (QED) is 0.135. The van der Waals surface area contributed by atoms with Crippen molar-refractivity contribution in [1.29, 1.82) is 0 Å². The summed E-state index contributed by atoms with van der Waals surface area (Å²) >= 11 is 0. The average Bonchev–Trinajstić information content (AvgIpc) is 1.57. The molecule has 0 radical (unpaired) electrons. The number of rotatable bonds is 10. The topological polar surface area (TPSA) is 97.6 Å². The zero-order chi connectivity index (χ0) is 74.9. The number of hydrogen-bond donors (Lipinski definition) is 0. The molecule has 0 N–H and O–H groups in total. The molecule has 0 aliphatic rings. The van der Waals surface area contributed by atoms with Crippen LogP contribution < -0.4 is 0 Å². The molecule has 0 aliphatic carbocycles. The minimum atomic E-state index is 0.580. The number of hydrogen-bond acceptors (Lipinski definition) is 6. The molecule has 16 aromatic carbocycles. The molecule has 8 heterocycles. The zero-order valence-corrected chi connectivity index (χ0v) is 61.3. The number of nitrogens with zero attached hydrogens (tertiary/aromatic N) is 8. The first kappa shape index (κ1) is 64.5. The van der Waals surface area contributed by atoms with Gasteiger partial charge in [-0.3, -0.25) is 0 Å². The summed E-state index contributed by atoms with van der Waals surface area (Å²) < 4.78 is 22.3. The summed E-state index contributed by atoms with van der Waals surface area (Å²) in [4.78, 5) is 20.5. The third-order valence-corrected chi connectivity index (χ3v) is 22.7. The van der Waals surface area contributed by atoms with Crippen LogP contribution >= 0.6 is 0 Å². The van der Waals surface area contributed by atoms with E-state index in [0.717, 1.165) is 133 Å². The molecule has 24 aromatic rings. The Morgan fingerprint density at radius 1 is 0.184 bits per heavy atom. The van der Waals surface area contributed by atoms with Crippen LogP contribution in [0.4, 0.5) is 0 Å². The van der Waals surface area contributed by atoms with E-state index < -0.39 is 0 Å². The smallest absolute Gasteiger partial charge is 0.231 e. The maximum atomic E-state index is 6.38. The molecule has 0 aliphatic heterocycles. The van der Waals surface area contributed by atoms with Gasteiger partial charge >= 0.3 is 0 Å². The van der Waals surface area contributed by atoms with Gasteiger partial charge in [-0.05, 0) is 144 Å². The fourth-order valence-corrected chi connectivity index (χ4v) is 17.8. The predicted octanol–water partition coefficient (Wildman–Crippen LogP) is 27.1. The third-order valence-electron chi connectivity index (χ3n) is 22.7. The highest BCUT2D eigenvalue weighted by molar-refractivity contribution is 6.20. The van der Waals surface area contributed by atoms with Crippen LogP contribution in [0.15, 0.2) is 397 Å². The molecule has 0 fully saturated rings. The number of aromatic nitrogens is 8. The van der Waals surface area contributed by atoms with Crippen LogP contribution in [0.1, 0.15) is 0 Å². The highest BCUT2D eigenvalue weighted by Gasteiger charge is 2.26. The summed E-state index contributed by atoms with van der Waals surface area (Å²) in [6.45, 7) is 0. The molecule has 24 rings (SSSR count). The van der Waals surface area contributed by atoms with Gasteiger partial charge in [0.1, 0.15) is 11.2 Å². The van der Waals surface area contributed by atoms with E-state index in [1.165, 1.54) is 65.2 Å². The number of furan rings is 2. The summed E-state index contributed by atoms with van der Waals surface area (Å²) in [6, 6.07) is 137. The molecule has 8 aromatic heterocycles. The Balaban J connectivity index is 0.000000135. The van der Waals surface area contributed by atoms with Crippen LogP contribution in [0.2, 0.25) is 0 Å². The van der Waals surface area contributed by atoms with Crippen molar-refractivity contribution in [2.45, 2.75) is 0 Å². The molecular weight excluding hydrogens is 1390 g/mol. The van der Waals surface area contributed by atoms with Crippen LogP contribution in [-0.4, -0.2) is 38.2 Å². The second-order valence-electron chi connectivity index (χ2n) is 29.1. The fraction of sp³-hybridized carbons (Fsp3) is 0. The van der Waals surface area contributed by atoms with Crippen LogP contribution in [0.25, 0.3) is 222 Å². The van der Waals surface area contributed by atoms with E-state index in [1.807, 2.05) is 84.9 Å². The Labute approximate surface area is 652 Å². The van der Waals surface area contributed by atoms with Crippen molar-refractivity contribution in [3.05, 3.63) is 388 Å². The normalized spacial score (nSPS) is 11.9. The minimum Gasteiger partial charge on any atom is -0.438 e. The second kappa shape index (κ2) is 26.1. The molecule has 0 saturated heterocycles. The Morgan fingerprint density at radius 3 is 0.956 bits per heavy atom. The maximum Gasteiger partial charge on any atom is 0.231 e. The van der Waals surface area contributed by atoms with Gasteiger partial charge in [-0.15, -0.1) is 0 Å². The van der Waals surface area contributed by atoms with E-state index >= 15 is 0 Å². The van der Waals surface area contributed by atoms with Crippen molar-refractivity contribution in [3.8, 4) is 90.3 Å². The summed E-state index contributed by atoms with van der Waals surface area (Å²) in [6.07, 6.45) is 0. The first-order chi connectivity index (χ1) is 56.6. The van der Waals surface area contributed by atoms with Gasteiger partial charge in [-0.25, -0.2) is 9.97 Å². The average molecular weight is 1460 g/mol. The lowest BCUT2D eigenvalue weighted by atomic mass is 9.96. The maximum absolute atomic E-state index is 6.38. The van der Waals surface area contributed by atoms with Crippen molar-refractivity contribution in [3.63, 3.8) is 0 Å². The Bertz CT molecular complexity index is 7880. The highest BCUT2D eigenvalue weighted by atomic mass is 16.3. The van der Waals surface area contributed by atoms with Gasteiger partial charge < -0.3 is 27.1 Å². The van der Waals surface area contributed by atoms with E-state index in [-0.39, 0.29) is 0 Å². The molecule has 0 saturated carbocycles. The van der Waals surface area contributed by atoms with Crippen molar-refractivity contribution < 1.29 is 8.83 Å². The molecule has 0 bridgehead atoms. The highest BCUT2D eigenvalue weighted by Crippen LogP contribution is 2.47. The molecule has 0 atom stereocenters. The lowest BCUT2D eigenvalue weighted by Gasteiger charge is -2.11. The van der Waals surface area contributed by atoms with Gasteiger partial charge in [0.05, 0.1) is 66.3 Å². The van der Waals surface area contributed by atoms with Crippen LogP contribution in [0.3, 0.4) is 0 Å². The molecular formula is C104H64N8O2. The SMILES string of the molecule is c1ccc(-c2nc(-c3cccc(-c4cccc5c4c4cc(-n6c7ccccc7c7ccccc76)ccc4n5-c4ccccc4)c3)c3c(n2)oc2ccccc23)cc1.c1ccc(-c2nc(-c3cccc(-c4cccc5c4c4cc(-n6c7ccccc7c7ccccc76)ccc4n5-c4ccccc4)c3)nc3oc4ccccc4c23)cc1. The van der Waals surface area contributed by atoms with Gasteiger partial charge in [-0.1, -0.05) is 267 Å². The van der Waals surface area contributed by atoms with Crippen molar-refractivity contribution in [2.75, 3.05) is 0 Å². The molecule has 114 heavy (non-hydrogen) atoms. The van der Waals surface area contributed by atoms with Gasteiger partial charge in [0.25, 0.3) is 0 Å². The number of para-hydroxylation sites is 8. The minimum absolute atomic E-state index is 0.580. The first-order valence-electron chi connectivity index (χ1n) is 38.5. The van der Waals surface area contributed by atoms with Crippen molar-refractivity contribution >= 4 is 131 Å². The van der Waals surface area contributed by atoms with E-state index in [0.29, 0.717) is 23.1 Å². The third kappa shape index (κ3) is 10.3. The lowest BCUT2D eigenvalue weighted by Crippen LogP contribution is -1.95. The Hall–Kier alpha value is -15.5. The monoisotopic (exact) mass is 1460 g/mol. The van der Waals surface area contributed by atoms with E-state index in [1.54, 1.807) is 0 Å². The standard InChI is InChI=1S/2C52H32N4O/c1-3-15-33(16-4-1)51-53-50(49-41-23-9-12-28-47(41)57-52(49)54-51)35-18-13-17-34(31-35)38-24-14-27-46-48(38)42-32-37(29-30-45(42)55(46)36-19-5-2-6-20-36)56-43-25-10-7-21-39(43)40-22-8-11-26-44(40)56;1-3-15-33(16-4-1)50-49-41-23-9-12-28-47(41)57-52(49)54-51(53-50)35-18-13-17-34(31-35)38-24-14-27-46-48(38)42-32-37(29-30-45(42)55(46)36-19-5-2-6-20-36)56-43-25-10-7-21-39(43)40-22-8-11-26-44(40)56/h2*1-32H. The summed E-state index contributed by atoms with van der Waals surface area (Å²) in [5.74, 6) is 1.25. The molecule has 532 valence electrons. The molecule has 10 nitrogen and oxygen atoms in total. The molecule has 10 heteroatoms. The Kier molecular flexibility index (Phi) is 14.8. The second-order valence-corrected chi connectivity index (χ2v) is 29.1. The van der Waals surface area contributed by atoms with Crippen molar-refractivity contribution in [1.82, 2.24) is 38.2 Å². The van der Waals surface area contributed by atoms with Crippen LogP contribution in [-0.2, 0) is 0 Å². The summed E-state index contributed by atoms with van der Waals surface area (Å²) in [5, 5.41) is 13.6. The first-order valence-corrected chi connectivity index (χ1v) is 38.5.